The fourth-order valence-corrected chi connectivity index (χ4v) is 2.24. The predicted molar refractivity (Wildman–Crippen MR) is 74.7 cm³/mol. The molecule has 0 saturated carbocycles. The van der Waals surface area contributed by atoms with E-state index in [1.54, 1.807) is 12.1 Å². The summed E-state index contributed by atoms with van der Waals surface area (Å²) in [5, 5.41) is 14.5. The highest BCUT2D eigenvalue weighted by Crippen LogP contribution is 2.06. The summed E-state index contributed by atoms with van der Waals surface area (Å²) >= 11 is 0. The molecule has 1 fully saturated rings. The van der Waals surface area contributed by atoms with Crippen molar-refractivity contribution in [2.75, 3.05) is 20.1 Å². The van der Waals surface area contributed by atoms with Gasteiger partial charge in [-0.3, -0.25) is 0 Å². The van der Waals surface area contributed by atoms with Gasteiger partial charge in [0.15, 0.2) is 0 Å². The molecule has 0 aromatic heterocycles. The zero-order chi connectivity index (χ0) is 14.5. The molecular weight excluding hydrogens is 258 g/mol. The average molecular weight is 277 g/mol. The van der Waals surface area contributed by atoms with Crippen LogP contribution in [-0.2, 0) is 6.54 Å². The summed E-state index contributed by atoms with van der Waals surface area (Å²) in [5.74, 6) is -0.951. The third kappa shape index (κ3) is 3.96. The molecule has 20 heavy (non-hydrogen) atoms. The van der Waals surface area contributed by atoms with Gasteiger partial charge in [0.05, 0.1) is 5.56 Å². The summed E-state index contributed by atoms with van der Waals surface area (Å²) in [6.07, 6.45) is 0.969. The average Bonchev–Trinajstić information content (AvgIpc) is 2.82. The maximum absolute atomic E-state index is 11.7. The highest BCUT2D eigenvalue weighted by atomic mass is 16.4. The Balaban J connectivity index is 1.76. The van der Waals surface area contributed by atoms with Gasteiger partial charge < -0.3 is 20.6 Å². The molecule has 0 radical (unpaired) electrons. The first-order valence-corrected chi connectivity index (χ1v) is 6.60. The van der Waals surface area contributed by atoms with E-state index in [0.717, 1.165) is 25.1 Å². The molecule has 6 heteroatoms. The van der Waals surface area contributed by atoms with Crippen LogP contribution in [0.3, 0.4) is 0 Å². The lowest BCUT2D eigenvalue weighted by atomic mass is 10.1. The first kappa shape index (κ1) is 14.3. The number of likely N-dealkylation sites (N-methyl/N-ethyl adjacent to an activating group) is 1. The number of carbonyl (C=O) groups excluding carboxylic acids is 1. The van der Waals surface area contributed by atoms with E-state index < -0.39 is 5.97 Å². The molecule has 1 saturated heterocycles. The largest absolute Gasteiger partial charge is 0.478 e. The van der Waals surface area contributed by atoms with Gasteiger partial charge in [-0.2, -0.15) is 0 Å². The van der Waals surface area contributed by atoms with Crippen molar-refractivity contribution in [1.82, 2.24) is 15.5 Å². The number of urea groups is 1. The van der Waals surface area contributed by atoms with Crippen molar-refractivity contribution in [3.8, 4) is 0 Å². The van der Waals surface area contributed by atoms with E-state index in [0.29, 0.717) is 6.54 Å². The maximum Gasteiger partial charge on any atom is 0.335 e. The number of hydrogen-bond donors (Lipinski definition) is 3. The monoisotopic (exact) mass is 277 g/mol. The smallest absolute Gasteiger partial charge is 0.335 e. The minimum absolute atomic E-state index is 0.187. The van der Waals surface area contributed by atoms with Crippen molar-refractivity contribution in [2.24, 2.45) is 0 Å². The summed E-state index contributed by atoms with van der Waals surface area (Å²) in [7, 11) is 2.03. The van der Waals surface area contributed by atoms with Crippen LogP contribution in [0.5, 0.6) is 0 Å². The molecule has 1 unspecified atom stereocenters. The number of likely N-dealkylation sites (tertiary alicyclic amines) is 1. The SMILES string of the molecule is CN1CCC(NC(=O)NCc2ccc(C(=O)O)cc2)C1. The Morgan fingerprint density at radius 3 is 2.60 bits per heavy atom. The highest BCUT2D eigenvalue weighted by Gasteiger charge is 2.20. The molecule has 2 rings (SSSR count). The van der Waals surface area contributed by atoms with Crippen LogP contribution in [0, 0.1) is 0 Å². The third-order valence-electron chi connectivity index (χ3n) is 3.38. The number of nitrogens with one attached hydrogen (secondary N) is 2. The number of hydrogen-bond acceptors (Lipinski definition) is 3. The summed E-state index contributed by atoms with van der Waals surface area (Å²) in [6.45, 7) is 2.26. The first-order chi connectivity index (χ1) is 9.54. The van der Waals surface area contributed by atoms with Crippen molar-refractivity contribution >= 4 is 12.0 Å². The minimum Gasteiger partial charge on any atom is -0.478 e. The lowest BCUT2D eigenvalue weighted by molar-refractivity contribution is 0.0697. The Morgan fingerprint density at radius 1 is 1.35 bits per heavy atom. The topological polar surface area (TPSA) is 81.7 Å². The predicted octanol–water partition coefficient (Wildman–Crippen LogP) is 0.888. The fraction of sp³-hybridized carbons (Fsp3) is 0.429. The van der Waals surface area contributed by atoms with Crippen LogP contribution >= 0.6 is 0 Å². The third-order valence-corrected chi connectivity index (χ3v) is 3.38. The molecule has 0 bridgehead atoms. The zero-order valence-electron chi connectivity index (χ0n) is 11.4. The van der Waals surface area contributed by atoms with Crippen LogP contribution < -0.4 is 10.6 Å². The van der Waals surface area contributed by atoms with Crippen molar-refractivity contribution in [1.29, 1.82) is 0 Å². The lowest BCUT2D eigenvalue weighted by Gasteiger charge is -2.13. The molecule has 1 aromatic carbocycles. The van der Waals surface area contributed by atoms with Gasteiger partial charge in [0.2, 0.25) is 0 Å². The molecule has 2 amide bonds. The number of nitrogens with zero attached hydrogens (tertiary/aromatic N) is 1. The molecule has 1 aliphatic heterocycles. The normalized spacial score (nSPS) is 18.8. The number of carbonyl (C=O) groups is 2. The molecule has 1 aromatic rings. The second kappa shape index (κ2) is 6.38. The molecule has 108 valence electrons. The van der Waals surface area contributed by atoms with Gasteiger partial charge in [0.1, 0.15) is 0 Å². The second-order valence-electron chi connectivity index (χ2n) is 5.08. The lowest BCUT2D eigenvalue weighted by Crippen LogP contribution is -2.42. The summed E-state index contributed by atoms with van der Waals surface area (Å²) in [4.78, 5) is 24.6. The summed E-state index contributed by atoms with van der Waals surface area (Å²) in [5.41, 5.74) is 1.11. The van der Waals surface area contributed by atoms with E-state index >= 15 is 0 Å². The van der Waals surface area contributed by atoms with Gasteiger partial charge in [-0.1, -0.05) is 12.1 Å². The standard InChI is InChI=1S/C14H19N3O3/c1-17-7-6-12(9-17)16-14(20)15-8-10-2-4-11(5-3-10)13(18)19/h2-5,12H,6-9H2,1H3,(H,18,19)(H2,15,16,20). The Bertz CT molecular complexity index is 487. The Kier molecular flexibility index (Phi) is 4.57. The molecule has 1 heterocycles. The molecule has 6 nitrogen and oxygen atoms in total. The Morgan fingerprint density at radius 2 is 2.05 bits per heavy atom. The molecule has 0 aliphatic carbocycles. The Labute approximate surface area is 117 Å². The molecular formula is C14H19N3O3. The Hall–Kier alpha value is -2.08. The first-order valence-electron chi connectivity index (χ1n) is 6.60. The van der Waals surface area contributed by atoms with Crippen molar-refractivity contribution in [3.05, 3.63) is 35.4 Å². The van der Waals surface area contributed by atoms with Gasteiger partial charge in [0.25, 0.3) is 0 Å². The second-order valence-corrected chi connectivity index (χ2v) is 5.08. The summed E-state index contributed by atoms with van der Waals surface area (Å²) in [6, 6.07) is 6.48. The van der Waals surface area contributed by atoms with Gasteiger partial charge >= 0.3 is 12.0 Å². The van der Waals surface area contributed by atoms with Gasteiger partial charge in [-0.15, -0.1) is 0 Å². The van der Waals surface area contributed by atoms with Gasteiger partial charge in [-0.25, -0.2) is 9.59 Å². The fourth-order valence-electron chi connectivity index (χ4n) is 2.24. The molecule has 1 atom stereocenters. The minimum atomic E-state index is -0.951. The summed E-state index contributed by atoms with van der Waals surface area (Å²) < 4.78 is 0. The number of benzene rings is 1. The number of carboxylic acids is 1. The van der Waals surface area contributed by atoms with Crippen LogP contribution in [0.2, 0.25) is 0 Å². The van der Waals surface area contributed by atoms with E-state index in [-0.39, 0.29) is 17.6 Å². The zero-order valence-corrected chi connectivity index (χ0v) is 11.4. The molecule has 1 aliphatic rings. The van der Waals surface area contributed by atoms with Crippen LogP contribution in [-0.4, -0.2) is 48.2 Å². The van der Waals surface area contributed by atoms with Crippen molar-refractivity contribution < 1.29 is 14.7 Å². The number of rotatable bonds is 4. The number of amides is 2. The van der Waals surface area contributed by atoms with Crippen molar-refractivity contribution in [2.45, 2.75) is 19.0 Å². The van der Waals surface area contributed by atoms with Gasteiger partial charge in [0, 0.05) is 19.1 Å². The van der Waals surface area contributed by atoms with Crippen LogP contribution in [0.1, 0.15) is 22.3 Å². The van der Waals surface area contributed by atoms with Gasteiger partial charge in [-0.05, 0) is 37.7 Å². The quantitative estimate of drug-likeness (QED) is 0.763. The maximum atomic E-state index is 11.7. The van der Waals surface area contributed by atoms with E-state index in [9.17, 15) is 9.59 Å². The van der Waals surface area contributed by atoms with E-state index in [1.165, 1.54) is 12.1 Å². The van der Waals surface area contributed by atoms with Crippen LogP contribution in [0.25, 0.3) is 0 Å². The van der Waals surface area contributed by atoms with Crippen LogP contribution in [0.4, 0.5) is 4.79 Å². The molecule has 3 N–H and O–H groups in total. The molecule has 0 spiro atoms. The van der Waals surface area contributed by atoms with E-state index in [1.807, 2.05) is 7.05 Å². The van der Waals surface area contributed by atoms with E-state index in [4.69, 9.17) is 5.11 Å². The van der Waals surface area contributed by atoms with Crippen LogP contribution in [0.15, 0.2) is 24.3 Å². The highest BCUT2D eigenvalue weighted by molar-refractivity contribution is 5.87. The number of carboxylic acid groups (broad SMARTS) is 1. The van der Waals surface area contributed by atoms with Crippen molar-refractivity contribution in [3.63, 3.8) is 0 Å². The number of aromatic carboxylic acids is 1. The van der Waals surface area contributed by atoms with E-state index in [2.05, 4.69) is 15.5 Å².